The molecule has 0 aromatic heterocycles. The molecule has 20 heavy (non-hydrogen) atoms. The van der Waals surface area contributed by atoms with E-state index in [1.807, 2.05) is 13.8 Å². The van der Waals surface area contributed by atoms with Crippen molar-refractivity contribution in [1.82, 2.24) is 0 Å². The molecular weight excluding hydrogens is 259 g/mol. The Hall–Kier alpha value is -1.71. The number of rotatable bonds is 2. The minimum atomic E-state index is -0.669. The molecule has 1 aliphatic rings. The molecule has 0 radical (unpaired) electrons. The van der Waals surface area contributed by atoms with E-state index in [9.17, 15) is 14.0 Å². The highest BCUT2D eigenvalue weighted by Gasteiger charge is 2.22. The number of benzene rings is 1. The fourth-order valence-electron chi connectivity index (χ4n) is 2.33. The van der Waals surface area contributed by atoms with Gasteiger partial charge in [-0.05, 0) is 36.5 Å². The van der Waals surface area contributed by atoms with Gasteiger partial charge in [-0.2, -0.15) is 0 Å². The molecule has 1 aromatic rings. The van der Waals surface area contributed by atoms with E-state index in [0.29, 0.717) is 12.8 Å². The number of ketones is 1. The summed E-state index contributed by atoms with van der Waals surface area (Å²) in [5, 5.41) is 0. The molecule has 0 bridgehead atoms. The number of methoxy groups -OCH3 is 1. The number of hydrogen-bond donors (Lipinski definition) is 0. The molecule has 1 aromatic carbocycles. The number of Topliss-reactive ketones (excluding diaryl/α,β-unsaturated/α-hetero) is 1. The molecule has 0 spiro atoms. The number of ether oxygens (including phenoxy) is 1. The number of carbonyl (C=O) groups excluding carboxylic acids is 2. The van der Waals surface area contributed by atoms with E-state index < -0.39 is 11.8 Å². The summed E-state index contributed by atoms with van der Waals surface area (Å²) in [6.45, 7) is 4.00. The third kappa shape index (κ3) is 3.89. The average Bonchev–Trinajstić information content (AvgIpc) is 2.49. The second kappa shape index (κ2) is 7.78. The Morgan fingerprint density at radius 1 is 1.25 bits per heavy atom. The van der Waals surface area contributed by atoms with Crippen LogP contribution in [0, 0.1) is 5.82 Å². The molecule has 110 valence electrons. The summed E-state index contributed by atoms with van der Waals surface area (Å²) in [7, 11) is 1.22. The number of carbonyl (C=O) groups is 2. The van der Waals surface area contributed by atoms with Gasteiger partial charge in [-0.3, -0.25) is 4.79 Å². The minimum absolute atomic E-state index is 0.0480. The molecule has 1 fully saturated rings. The van der Waals surface area contributed by atoms with E-state index in [1.165, 1.54) is 19.2 Å². The zero-order chi connectivity index (χ0) is 15.1. The van der Waals surface area contributed by atoms with Gasteiger partial charge >= 0.3 is 5.97 Å². The fraction of sp³-hybridized carbons (Fsp3) is 0.500. The van der Waals surface area contributed by atoms with Crippen molar-refractivity contribution in [1.29, 1.82) is 0 Å². The van der Waals surface area contributed by atoms with Gasteiger partial charge in [0.25, 0.3) is 0 Å². The smallest absolute Gasteiger partial charge is 0.340 e. The van der Waals surface area contributed by atoms with E-state index in [1.54, 1.807) is 6.07 Å². The summed E-state index contributed by atoms with van der Waals surface area (Å²) in [5.41, 5.74) is 0.806. The van der Waals surface area contributed by atoms with Crippen LogP contribution in [0.3, 0.4) is 0 Å². The Balaban J connectivity index is 0.000000956. The first-order chi connectivity index (χ1) is 9.61. The van der Waals surface area contributed by atoms with Gasteiger partial charge in [-0.1, -0.05) is 19.9 Å². The van der Waals surface area contributed by atoms with Gasteiger partial charge in [0.1, 0.15) is 11.6 Å². The number of hydrogen-bond acceptors (Lipinski definition) is 3. The Labute approximate surface area is 119 Å². The summed E-state index contributed by atoms with van der Waals surface area (Å²) in [5.74, 6) is -0.740. The zero-order valence-corrected chi connectivity index (χ0v) is 12.2. The molecule has 0 N–H and O–H groups in total. The number of halogens is 1. The summed E-state index contributed by atoms with van der Waals surface area (Å²) in [6.07, 6.45) is 2.64. The Morgan fingerprint density at radius 3 is 2.35 bits per heavy atom. The van der Waals surface area contributed by atoms with Gasteiger partial charge in [0, 0.05) is 12.8 Å². The third-order valence-electron chi connectivity index (χ3n) is 3.41. The summed E-state index contributed by atoms with van der Waals surface area (Å²) in [6, 6.07) is 4.58. The van der Waals surface area contributed by atoms with E-state index >= 15 is 0 Å². The van der Waals surface area contributed by atoms with Crippen LogP contribution in [-0.2, 0) is 9.53 Å². The van der Waals surface area contributed by atoms with Crippen molar-refractivity contribution < 1.29 is 18.7 Å². The molecule has 0 heterocycles. The van der Waals surface area contributed by atoms with Crippen LogP contribution in [0.15, 0.2) is 18.2 Å². The number of esters is 1. The van der Waals surface area contributed by atoms with E-state index in [0.717, 1.165) is 18.4 Å². The maximum atomic E-state index is 13.8. The molecule has 0 unspecified atom stereocenters. The molecule has 0 amide bonds. The van der Waals surface area contributed by atoms with Gasteiger partial charge in [0.05, 0.1) is 12.7 Å². The second-order valence-corrected chi connectivity index (χ2v) is 4.54. The first kappa shape index (κ1) is 16.3. The highest BCUT2D eigenvalue weighted by atomic mass is 19.1. The van der Waals surface area contributed by atoms with Crippen molar-refractivity contribution in [3.8, 4) is 0 Å². The zero-order valence-electron chi connectivity index (χ0n) is 12.2. The Kier molecular flexibility index (Phi) is 6.36. The molecule has 0 atom stereocenters. The lowest BCUT2D eigenvalue weighted by atomic mass is 9.83. The van der Waals surface area contributed by atoms with Crippen molar-refractivity contribution in [2.24, 2.45) is 0 Å². The molecule has 1 aliphatic carbocycles. The van der Waals surface area contributed by atoms with Crippen LogP contribution < -0.4 is 0 Å². The van der Waals surface area contributed by atoms with E-state index in [4.69, 9.17) is 0 Å². The quantitative estimate of drug-likeness (QED) is 0.772. The van der Waals surface area contributed by atoms with Gasteiger partial charge in [-0.25, -0.2) is 9.18 Å². The lowest BCUT2D eigenvalue weighted by Crippen LogP contribution is -2.13. The lowest BCUT2D eigenvalue weighted by molar-refractivity contribution is -0.120. The van der Waals surface area contributed by atoms with Gasteiger partial charge in [0.2, 0.25) is 0 Å². The lowest BCUT2D eigenvalue weighted by Gasteiger charge is -2.21. The van der Waals surface area contributed by atoms with Crippen LogP contribution in [-0.4, -0.2) is 18.9 Å². The predicted octanol–water partition coefficient (Wildman–Crippen LogP) is 3.87. The summed E-state index contributed by atoms with van der Waals surface area (Å²) < 4.78 is 18.2. The normalized spacial score (nSPS) is 15.3. The van der Waals surface area contributed by atoms with Crippen LogP contribution in [0.1, 0.15) is 61.4 Å². The molecular formula is C16H21FO3. The maximum absolute atomic E-state index is 13.8. The highest BCUT2D eigenvalue weighted by molar-refractivity contribution is 5.89. The molecule has 1 saturated carbocycles. The standard InChI is InChI=1S/C14H15FO3.C2H6/c1-18-14(17)12-7-4-10(8-13(12)15)9-2-5-11(16)6-3-9;1-2/h4,7-9H,2-3,5-6H2,1H3;1-2H3. The molecule has 0 aliphatic heterocycles. The third-order valence-corrected chi connectivity index (χ3v) is 3.41. The Bertz CT molecular complexity index is 473. The second-order valence-electron chi connectivity index (χ2n) is 4.54. The molecule has 3 nitrogen and oxygen atoms in total. The topological polar surface area (TPSA) is 43.4 Å². The Morgan fingerprint density at radius 2 is 1.85 bits per heavy atom. The molecule has 4 heteroatoms. The van der Waals surface area contributed by atoms with Crippen LogP contribution in [0.4, 0.5) is 4.39 Å². The van der Waals surface area contributed by atoms with Gasteiger partial charge in [-0.15, -0.1) is 0 Å². The van der Waals surface area contributed by atoms with Crippen molar-refractivity contribution in [2.45, 2.75) is 45.4 Å². The summed E-state index contributed by atoms with van der Waals surface area (Å²) >= 11 is 0. The minimum Gasteiger partial charge on any atom is -0.465 e. The van der Waals surface area contributed by atoms with Crippen molar-refractivity contribution in [3.63, 3.8) is 0 Å². The molecule has 0 saturated heterocycles. The predicted molar refractivity (Wildman–Crippen MR) is 75.3 cm³/mol. The summed E-state index contributed by atoms with van der Waals surface area (Å²) in [4.78, 5) is 22.4. The molecule has 2 rings (SSSR count). The SMILES string of the molecule is CC.COC(=O)c1ccc(C2CCC(=O)CC2)cc1F. The van der Waals surface area contributed by atoms with E-state index in [2.05, 4.69) is 4.74 Å². The van der Waals surface area contributed by atoms with E-state index in [-0.39, 0.29) is 17.3 Å². The first-order valence-electron chi connectivity index (χ1n) is 7.01. The van der Waals surface area contributed by atoms with Crippen molar-refractivity contribution >= 4 is 11.8 Å². The maximum Gasteiger partial charge on any atom is 0.340 e. The van der Waals surface area contributed by atoms with Crippen LogP contribution in [0.2, 0.25) is 0 Å². The van der Waals surface area contributed by atoms with Crippen molar-refractivity contribution in [3.05, 3.63) is 35.1 Å². The van der Waals surface area contributed by atoms with Crippen LogP contribution in [0.25, 0.3) is 0 Å². The largest absolute Gasteiger partial charge is 0.465 e. The fourth-order valence-corrected chi connectivity index (χ4v) is 2.33. The first-order valence-corrected chi connectivity index (χ1v) is 7.01. The van der Waals surface area contributed by atoms with Crippen LogP contribution >= 0.6 is 0 Å². The van der Waals surface area contributed by atoms with Gasteiger partial charge in [0.15, 0.2) is 0 Å². The highest BCUT2D eigenvalue weighted by Crippen LogP contribution is 2.31. The van der Waals surface area contributed by atoms with Crippen LogP contribution in [0.5, 0.6) is 0 Å². The van der Waals surface area contributed by atoms with Crippen molar-refractivity contribution in [2.75, 3.05) is 7.11 Å². The van der Waals surface area contributed by atoms with Gasteiger partial charge < -0.3 is 4.74 Å². The monoisotopic (exact) mass is 280 g/mol. The average molecular weight is 280 g/mol.